The second kappa shape index (κ2) is 5.13. The normalized spacial score (nSPS) is 9.89. The first-order valence-corrected chi connectivity index (χ1v) is 5.29. The molecule has 96 valence electrons. The van der Waals surface area contributed by atoms with Gasteiger partial charge in [0.25, 0.3) is 5.56 Å². The zero-order valence-electron chi connectivity index (χ0n) is 9.60. The van der Waals surface area contributed by atoms with Crippen molar-refractivity contribution in [3.63, 3.8) is 0 Å². The predicted octanol–water partition coefficient (Wildman–Crippen LogP) is 0.188. The highest BCUT2D eigenvalue weighted by atomic mass is 16.2. The number of carbonyl (C=O) groups excluding carboxylic acids is 2. The Hall–Kier alpha value is -2.96. The average molecular weight is 259 g/mol. The van der Waals surface area contributed by atoms with E-state index in [1.165, 1.54) is 12.1 Å². The zero-order chi connectivity index (χ0) is 13.8. The SMILES string of the molecule is O=CC(=O)c1cccc(Nc2cc(=O)[nH]c(=O)[nH]2)c1. The highest BCUT2D eigenvalue weighted by Crippen LogP contribution is 2.14. The van der Waals surface area contributed by atoms with Gasteiger partial charge in [0, 0.05) is 17.3 Å². The number of benzene rings is 1. The summed E-state index contributed by atoms with van der Waals surface area (Å²) in [7, 11) is 0. The lowest BCUT2D eigenvalue weighted by atomic mass is 10.1. The molecule has 1 heterocycles. The molecule has 0 aliphatic rings. The minimum atomic E-state index is -0.650. The van der Waals surface area contributed by atoms with Crippen molar-refractivity contribution in [3.05, 3.63) is 56.7 Å². The molecular formula is C12H9N3O4. The van der Waals surface area contributed by atoms with Crippen molar-refractivity contribution in [1.82, 2.24) is 9.97 Å². The van der Waals surface area contributed by atoms with Gasteiger partial charge in [-0.2, -0.15) is 0 Å². The highest BCUT2D eigenvalue weighted by Gasteiger charge is 2.05. The van der Waals surface area contributed by atoms with E-state index in [1.54, 1.807) is 12.1 Å². The number of ketones is 1. The fraction of sp³-hybridized carbons (Fsp3) is 0. The third kappa shape index (κ3) is 3.03. The van der Waals surface area contributed by atoms with Gasteiger partial charge in [0.15, 0.2) is 6.29 Å². The maximum Gasteiger partial charge on any atom is 0.327 e. The quantitative estimate of drug-likeness (QED) is 0.412. The number of rotatable bonds is 4. The van der Waals surface area contributed by atoms with Gasteiger partial charge in [0.2, 0.25) is 5.78 Å². The van der Waals surface area contributed by atoms with Crippen molar-refractivity contribution in [1.29, 1.82) is 0 Å². The molecule has 0 spiro atoms. The van der Waals surface area contributed by atoms with Crippen molar-refractivity contribution < 1.29 is 9.59 Å². The third-order valence-electron chi connectivity index (χ3n) is 2.29. The minimum absolute atomic E-state index is 0.185. The molecule has 0 saturated heterocycles. The van der Waals surface area contributed by atoms with Gasteiger partial charge in [0.05, 0.1) is 0 Å². The molecule has 0 aliphatic carbocycles. The van der Waals surface area contributed by atoms with E-state index in [1.807, 2.05) is 4.98 Å². The second-order valence-electron chi connectivity index (χ2n) is 3.69. The Morgan fingerprint density at radius 2 is 1.95 bits per heavy atom. The number of aromatic amines is 2. The van der Waals surface area contributed by atoms with E-state index in [0.29, 0.717) is 5.69 Å². The first-order valence-electron chi connectivity index (χ1n) is 5.29. The molecule has 0 atom stereocenters. The molecule has 19 heavy (non-hydrogen) atoms. The highest BCUT2D eigenvalue weighted by molar-refractivity contribution is 6.33. The third-order valence-corrected chi connectivity index (χ3v) is 2.29. The Kier molecular flexibility index (Phi) is 3.37. The molecule has 2 rings (SSSR count). The summed E-state index contributed by atoms with van der Waals surface area (Å²) in [6, 6.07) is 7.29. The first-order chi connectivity index (χ1) is 9.08. The van der Waals surface area contributed by atoms with Crippen LogP contribution >= 0.6 is 0 Å². The van der Waals surface area contributed by atoms with E-state index in [2.05, 4.69) is 10.3 Å². The fourth-order valence-corrected chi connectivity index (χ4v) is 1.51. The lowest BCUT2D eigenvalue weighted by molar-refractivity contribution is -0.104. The van der Waals surface area contributed by atoms with Crippen LogP contribution in [0.5, 0.6) is 0 Å². The van der Waals surface area contributed by atoms with Crippen LogP contribution in [-0.2, 0) is 4.79 Å². The van der Waals surface area contributed by atoms with Gasteiger partial charge in [-0.25, -0.2) is 4.79 Å². The number of aldehydes is 1. The van der Waals surface area contributed by atoms with E-state index in [0.717, 1.165) is 6.07 Å². The van der Waals surface area contributed by atoms with Crippen LogP contribution in [0.15, 0.2) is 39.9 Å². The van der Waals surface area contributed by atoms with Crippen LogP contribution in [0.4, 0.5) is 11.5 Å². The van der Waals surface area contributed by atoms with Crippen LogP contribution in [0.3, 0.4) is 0 Å². The van der Waals surface area contributed by atoms with E-state index in [-0.39, 0.29) is 17.7 Å². The van der Waals surface area contributed by atoms with Crippen molar-refractivity contribution >= 4 is 23.6 Å². The number of anilines is 2. The monoisotopic (exact) mass is 259 g/mol. The van der Waals surface area contributed by atoms with Crippen LogP contribution in [0.2, 0.25) is 0 Å². The van der Waals surface area contributed by atoms with Crippen LogP contribution in [0.25, 0.3) is 0 Å². The summed E-state index contributed by atoms with van der Waals surface area (Å²) < 4.78 is 0. The predicted molar refractivity (Wildman–Crippen MR) is 67.8 cm³/mol. The summed E-state index contributed by atoms with van der Waals surface area (Å²) in [5.74, 6) is -0.465. The number of hydrogen-bond acceptors (Lipinski definition) is 5. The van der Waals surface area contributed by atoms with Crippen LogP contribution in [0, 0.1) is 0 Å². The Morgan fingerprint density at radius 1 is 1.16 bits per heavy atom. The molecule has 7 heteroatoms. The summed E-state index contributed by atoms with van der Waals surface area (Å²) in [4.78, 5) is 48.2. The number of carbonyl (C=O) groups is 2. The number of H-pyrrole nitrogens is 2. The van der Waals surface area contributed by atoms with E-state index in [4.69, 9.17) is 0 Å². The molecule has 0 aliphatic heterocycles. The molecule has 0 unspecified atom stereocenters. The number of hydrogen-bond donors (Lipinski definition) is 3. The maximum atomic E-state index is 11.2. The largest absolute Gasteiger partial charge is 0.342 e. The lowest BCUT2D eigenvalue weighted by Crippen LogP contribution is -2.22. The van der Waals surface area contributed by atoms with Crippen molar-refractivity contribution in [2.24, 2.45) is 0 Å². The van der Waals surface area contributed by atoms with Crippen LogP contribution in [0.1, 0.15) is 10.4 Å². The van der Waals surface area contributed by atoms with Gasteiger partial charge in [-0.3, -0.25) is 24.4 Å². The Labute approximate surface area is 106 Å². The number of Topliss-reactive ketones (excluding diaryl/α,β-unsaturated/α-hetero) is 1. The molecule has 0 bridgehead atoms. The van der Waals surface area contributed by atoms with E-state index in [9.17, 15) is 19.2 Å². The Balaban J connectivity index is 2.33. The average Bonchev–Trinajstić information content (AvgIpc) is 2.37. The molecule has 1 aromatic heterocycles. The van der Waals surface area contributed by atoms with Crippen LogP contribution < -0.4 is 16.6 Å². The molecule has 0 fully saturated rings. The van der Waals surface area contributed by atoms with Gasteiger partial charge < -0.3 is 5.32 Å². The Morgan fingerprint density at radius 3 is 2.63 bits per heavy atom. The molecular weight excluding hydrogens is 250 g/mol. The number of aromatic nitrogens is 2. The fourth-order valence-electron chi connectivity index (χ4n) is 1.51. The summed E-state index contributed by atoms with van der Waals surface area (Å²) in [6.07, 6.45) is 0.216. The topological polar surface area (TPSA) is 112 Å². The second-order valence-corrected chi connectivity index (χ2v) is 3.69. The Bertz CT molecular complexity index is 717. The van der Waals surface area contributed by atoms with Crippen molar-refractivity contribution in [2.75, 3.05) is 5.32 Å². The lowest BCUT2D eigenvalue weighted by Gasteiger charge is -2.06. The minimum Gasteiger partial charge on any atom is -0.342 e. The molecule has 0 radical (unpaired) electrons. The molecule has 1 aromatic carbocycles. The van der Waals surface area contributed by atoms with Gasteiger partial charge in [0.1, 0.15) is 5.82 Å². The smallest absolute Gasteiger partial charge is 0.327 e. The van der Waals surface area contributed by atoms with E-state index < -0.39 is 17.0 Å². The van der Waals surface area contributed by atoms with Crippen molar-refractivity contribution in [2.45, 2.75) is 0 Å². The summed E-state index contributed by atoms with van der Waals surface area (Å²) in [5, 5.41) is 2.76. The summed E-state index contributed by atoms with van der Waals surface area (Å²) in [5.41, 5.74) is -0.511. The number of nitrogens with one attached hydrogen (secondary N) is 3. The van der Waals surface area contributed by atoms with Gasteiger partial charge >= 0.3 is 5.69 Å². The summed E-state index contributed by atoms with van der Waals surface area (Å²) >= 11 is 0. The van der Waals surface area contributed by atoms with E-state index >= 15 is 0 Å². The molecule has 0 amide bonds. The standard InChI is InChI=1S/C12H9N3O4/c16-6-9(17)7-2-1-3-8(4-7)13-10-5-11(18)15-12(19)14-10/h1-6H,(H3,13,14,15,18,19). The molecule has 2 aromatic rings. The zero-order valence-corrected chi connectivity index (χ0v) is 9.60. The maximum absolute atomic E-state index is 11.2. The summed E-state index contributed by atoms with van der Waals surface area (Å²) in [6.45, 7) is 0. The molecule has 3 N–H and O–H groups in total. The molecule has 0 saturated carbocycles. The van der Waals surface area contributed by atoms with Gasteiger partial charge in [-0.1, -0.05) is 12.1 Å². The van der Waals surface area contributed by atoms with Crippen LogP contribution in [-0.4, -0.2) is 22.0 Å². The van der Waals surface area contributed by atoms with Gasteiger partial charge in [-0.05, 0) is 12.1 Å². The first kappa shape index (κ1) is 12.5. The van der Waals surface area contributed by atoms with Crippen molar-refractivity contribution in [3.8, 4) is 0 Å². The molecule has 7 nitrogen and oxygen atoms in total. The van der Waals surface area contributed by atoms with Gasteiger partial charge in [-0.15, -0.1) is 0 Å².